The number of phosphoric acid groups is 1. The Labute approximate surface area is 646 Å². The van der Waals surface area contributed by atoms with Gasteiger partial charge in [0.25, 0.3) is 0 Å². The molecule has 3 saturated heterocycles. The van der Waals surface area contributed by atoms with Gasteiger partial charge in [-0.05, 0) is 237 Å². The first-order chi connectivity index (χ1) is 49.6. The molecule has 3 fully saturated rings. The Balaban J connectivity index is 0.000000314. The van der Waals surface area contributed by atoms with Gasteiger partial charge in [-0.2, -0.15) is 0 Å². The van der Waals surface area contributed by atoms with Crippen molar-refractivity contribution >= 4 is 36.5 Å². The fourth-order valence-electron chi connectivity index (χ4n) is 10.6. The summed E-state index contributed by atoms with van der Waals surface area (Å²) in [5.41, 5.74) is 4.54. The molecule has 16 atom stereocenters. The molecule has 3 heterocycles. The second kappa shape index (κ2) is 39.5. The summed E-state index contributed by atoms with van der Waals surface area (Å²) < 4.78 is 74.3. The van der Waals surface area contributed by atoms with E-state index >= 15 is 0 Å². The predicted octanol–water partition coefficient (Wildman–Crippen LogP) is 11.1. The van der Waals surface area contributed by atoms with Crippen LogP contribution < -0.4 is 35.5 Å². The van der Waals surface area contributed by atoms with Crippen LogP contribution in [0.4, 0.5) is 22.7 Å². The van der Waals surface area contributed by atoms with Gasteiger partial charge in [0.15, 0.2) is 6.10 Å². The molecular formula is C80H133N4O24P. The van der Waals surface area contributed by atoms with E-state index in [0.717, 1.165) is 22.5 Å². The predicted molar refractivity (Wildman–Crippen MR) is 418 cm³/mol. The number of aliphatic hydroxyl groups is 9. The highest BCUT2D eigenvalue weighted by atomic mass is 31.2. The normalized spacial score (nSPS) is 25.6. The van der Waals surface area contributed by atoms with Gasteiger partial charge >= 0.3 is 13.8 Å². The molecule has 16 unspecified atom stereocenters. The molecule has 0 spiro atoms. The van der Waals surface area contributed by atoms with Crippen LogP contribution >= 0.6 is 7.82 Å². The van der Waals surface area contributed by atoms with E-state index in [9.17, 15) is 65.3 Å². The Morgan fingerprint density at radius 1 is 0.404 bits per heavy atom. The van der Waals surface area contributed by atoms with Crippen LogP contribution in [0.3, 0.4) is 0 Å². The maximum absolute atomic E-state index is 12.2. The number of carboxylic acid groups (broad SMARTS) is 1. The third-order valence-electron chi connectivity index (χ3n) is 15.9. The summed E-state index contributed by atoms with van der Waals surface area (Å²) in [6, 6.07) is 24.5. The summed E-state index contributed by atoms with van der Waals surface area (Å²) >= 11 is 0. The number of benzene rings is 4. The van der Waals surface area contributed by atoms with Gasteiger partial charge in [-0.1, -0.05) is 44.2 Å². The van der Waals surface area contributed by atoms with Gasteiger partial charge in [-0.3, -0.25) is 9.05 Å². The molecule has 4 aromatic rings. The number of rotatable bonds is 23. The fourth-order valence-corrected chi connectivity index (χ4v) is 11.7. The smallest absolute Gasteiger partial charge is 0.473 e. The van der Waals surface area contributed by atoms with Crippen LogP contribution in [0.25, 0.3) is 0 Å². The van der Waals surface area contributed by atoms with Gasteiger partial charge < -0.3 is 120 Å². The summed E-state index contributed by atoms with van der Waals surface area (Å²) in [6.45, 7) is 51.2. The molecule has 3 aliphatic heterocycles. The lowest BCUT2D eigenvalue weighted by molar-refractivity contribution is -0.277. The minimum absolute atomic E-state index is 0.0810. The van der Waals surface area contributed by atoms with Gasteiger partial charge in [-0.25, -0.2) is 9.36 Å². The van der Waals surface area contributed by atoms with E-state index in [1.54, 1.807) is 58.9 Å². The molecule has 622 valence electrons. The quantitative estimate of drug-likeness (QED) is 0.0307. The average molecular weight is 1570 g/mol. The second-order valence-electron chi connectivity index (χ2n) is 36.1. The van der Waals surface area contributed by atoms with Crippen LogP contribution in [0.5, 0.6) is 17.2 Å². The van der Waals surface area contributed by atoms with Crippen molar-refractivity contribution < 1.29 is 117 Å². The molecule has 28 nitrogen and oxygen atoms in total. The van der Waals surface area contributed by atoms with E-state index in [0.29, 0.717) is 48.3 Å². The molecule has 3 aliphatic rings. The molecule has 29 heteroatoms. The number of aliphatic hydroxyl groups excluding tert-OH is 9. The summed E-state index contributed by atoms with van der Waals surface area (Å²) in [5, 5.41) is 112. The standard InChI is InChI=1S/C22H35NO7.C22H37NO6.C21H36NO10P.C15H25NO/c1-12-16(24)17(25)18(19(26)27)30-20(12)29-15-9-8-13(11-28-22(5,6)7)10-14(15)23-21(2,3)4;1-13-18(25)19(26)17(11-24)29-20(13)28-16-9-8-14(12-27-22(5,6)7)10-15(16)23-21(2,3)4;1-20(2,3)22-13-9-12(11-29-33(27,28)32-21(4,5)6)7-8-14(13)30-19-18(26)17(25)16(24)15(10-23)31-19;1-14(2,3)16-13-9-7-12(8-10-13)11-17-15(4,5)6/h8-10,12,16-18,20,23-25H,11H2,1-7H3,(H,26,27);8-10,13,17-20,23-26H,11-12H2,1-7H3;7-9,15-19,22-26H,10-11H2,1-6H3,(H,27,28);7-10,16H,11H2,1-6H3. The Bertz CT molecular complexity index is 3470. The first-order valence-corrected chi connectivity index (χ1v) is 38.5. The van der Waals surface area contributed by atoms with Crippen molar-refractivity contribution in [2.24, 2.45) is 11.8 Å². The third kappa shape index (κ3) is 34.4. The highest BCUT2D eigenvalue weighted by Crippen LogP contribution is 2.48. The zero-order valence-corrected chi connectivity index (χ0v) is 70.0. The van der Waals surface area contributed by atoms with E-state index in [1.807, 2.05) is 113 Å². The van der Waals surface area contributed by atoms with Crippen LogP contribution in [0.2, 0.25) is 0 Å². The number of aliphatic carboxylic acids is 1. The number of carbonyl (C=O) groups is 1. The summed E-state index contributed by atoms with van der Waals surface area (Å²) in [6.07, 6.45) is -16.4. The highest BCUT2D eigenvalue weighted by Gasteiger charge is 2.48. The number of anilines is 4. The number of phosphoric ester groups is 1. The lowest BCUT2D eigenvalue weighted by Gasteiger charge is -2.41. The second-order valence-corrected chi connectivity index (χ2v) is 37.4. The maximum atomic E-state index is 12.2. The Morgan fingerprint density at radius 3 is 1.07 bits per heavy atom. The zero-order chi connectivity index (χ0) is 83.1. The number of ether oxygens (including phenoxy) is 9. The van der Waals surface area contributed by atoms with Crippen molar-refractivity contribution in [3.05, 3.63) is 101 Å². The first kappa shape index (κ1) is 95.8. The summed E-state index contributed by atoms with van der Waals surface area (Å²) in [4.78, 5) is 21.3. The summed E-state index contributed by atoms with van der Waals surface area (Å²) in [5.74, 6) is -1.20. The van der Waals surface area contributed by atoms with Gasteiger partial charge in [-0.15, -0.1) is 0 Å². The van der Waals surface area contributed by atoms with E-state index < -0.39 is 130 Å². The highest BCUT2D eigenvalue weighted by molar-refractivity contribution is 7.47. The van der Waals surface area contributed by atoms with Gasteiger partial charge in [0, 0.05) is 39.7 Å². The van der Waals surface area contributed by atoms with E-state index in [-0.39, 0.29) is 45.8 Å². The fraction of sp³-hybridized carbons (Fsp3) is 0.688. The Morgan fingerprint density at radius 2 is 0.725 bits per heavy atom. The number of hydrogen-bond acceptors (Lipinski definition) is 26. The SMILES string of the molecule is CC(C)(C)Nc1cc(COP(=O)(O)OC(C)(C)C)ccc1OC1OC(CO)C(O)C(O)C1O.CC(C)(C)Nc1ccc(COC(C)(C)C)cc1.CC1C(Oc2ccc(COC(C)(C)C)cc2NC(C)(C)C)OC(C(=O)O)C(O)C1O.CC1C(Oc2ccc(COC(C)(C)C)cc2NC(C)(C)C)OC(CO)C(O)C1O. The largest absolute Gasteiger partial charge is 0.479 e. The molecule has 0 amide bonds. The number of carboxylic acids is 1. The van der Waals surface area contributed by atoms with Gasteiger partial charge in [0.1, 0.15) is 60.0 Å². The first-order valence-electron chi connectivity index (χ1n) is 37.0. The molecule has 0 aromatic heterocycles. The monoisotopic (exact) mass is 1560 g/mol. The molecule has 0 saturated carbocycles. The third-order valence-corrected chi connectivity index (χ3v) is 17.1. The number of nitrogens with one attached hydrogen (secondary N) is 4. The van der Waals surface area contributed by atoms with Crippen LogP contribution in [0.15, 0.2) is 78.9 Å². The zero-order valence-electron chi connectivity index (χ0n) is 69.1. The number of hydrogen-bond donors (Lipinski definition) is 15. The van der Waals surface area contributed by atoms with Crippen molar-refractivity contribution in [2.45, 2.75) is 331 Å². The van der Waals surface area contributed by atoms with E-state index in [4.69, 9.17) is 51.7 Å². The van der Waals surface area contributed by atoms with Crippen LogP contribution in [-0.2, 0) is 73.3 Å². The van der Waals surface area contributed by atoms with Crippen molar-refractivity contribution in [1.82, 2.24) is 0 Å². The Kier molecular flexibility index (Phi) is 34.7. The van der Waals surface area contributed by atoms with Crippen LogP contribution in [0, 0.1) is 11.8 Å². The van der Waals surface area contributed by atoms with Crippen molar-refractivity contribution in [2.75, 3.05) is 34.5 Å². The molecule has 15 N–H and O–H groups in total. The lowest BCUT2D eigenvalue weighted by Crippen LogP contribution is -2.60. The molecule has 4 aromatic carbocycles. The summed E-state index contributed by atoms with van der Waals surface area (Å²) in [7, 11) is -4.29. The van der Waals surface area contributed by atoms with E-state index in [2.05, 4.69) is 108 Å². The van der Waals surface area contributed by atoms with Gasteiger partial charge in [0.05, 0.1) is 91.3 Å². The van der Waals surface area contributed by atoms with Crippen LogP contribution in [-0.4, -0.2) is 200 Å². The maximum Gasteiger partial charge on any atom is 0.473 e. The molecule has 7 rings (SSSR count). The topological polar surface area (TPSA) is 406 Å². The van der Waals surface area contributed by atoms with Crippen LogP contribution in [0.1, 0.15) is 202 Å². The van der Waals surface area contributed by atoms with Crippen molar-refractivity contribution in [3.8, 4) is 17.2 Å². The Hall–Kier alpha value is -5.54. The van der Waals surface area contributed by atoms with Crippen molar-refractivity contribution in [1.29, 1.82) is 0 Å². The molecule has 0 bridgehead atoms. The molecule has 109 heavy (non-hydrogen) atoms. The molecule has 0 aliphatic carbocycles. The van der Waals surface area contributed by atoms with E-state index in [1.165, 1.54) is 5.56 Å². The van der Waals surface area contributed by atoms with Crippen molar-refractivity contribution in [3.63, 3.8) is 0 Å². The molecular weight excluding hydrogens is 1430 g/mol. The minimum atomic E-state index is -4.29. The lowest BCUT2D eigenvalue weighted by atomic mass is 9.92. The average Bonchev–Trinajstić information content (AvgIpc) is 0.804. The minimum Gasteiger partial charge on any atom is -0.479 e. The molecule has 0 radical (unpaired) electrons. The van der Waals surface area contributed by atoms with Gasteiger partial charge in [0.2, 0.25) is 18.9 Å².